The van der Waals surface area contributed by atoms with Gasteiger partial charge in [0.05, 0.1) is 40.0 Å². The highest BCUT2D eigenvalue weighted by molar-refractivity contribution is 7.92. The van der Waals surface area contributed by atoms with Crippen LogP contribution in [0.2, 0.25) is 0 Å². The lowest BCUT2D eigenvalue weighted by atomic mass is 10.1. The summed E-state index contributed by atoms with van der Waals surface area (Å²) in [5.74, 6) is 0. The Morgan fingerprint density at radius 2 is 1.69 bits per heavy atom. The minimum absolute atomic E-state index is 0.236. The normalized spacial score (nSPS) is 15.2. The van der Waals surface area contributed by atoms with Gasteiger partial charge in [-0.15, -0.1) is 0 Å². The first-order valence-corrected chi connectivity index (χ1v) is 9.87. The molecule has 1 N–H and O–H groups in total. The fraction of sp³-hybridized carbons (Fsp3) is 0.294. The minimum Gasteiger partial charge on any atom is -0.378 e. The lowest BCUT2D eigenvalue weighted by molar-refractivity contribution is -0.384. The predicted molar refractivity (Wildman–Crippen MR) is 98.4 cm³/mol. The van der Waals surface area contributed by atoms with Crippen LogP contribution < -0.4 is 9.62 Å². The van der Waals surface area contributed by atoms with Crippen LogP contribution in [0.4, 0.5) is 30.2 Å². The van der Waals surface area contributed by atoms with Gasteiger partial charge in [-0.25, -0.2) is 8.42 Å². The Labute approximate surface area is 164 Å². The number of nitrogens with zero attached hydrogens (tertiary/aromatic N) is 2. The molecule has 0 atom stereocenters. The molecule has 2 aromatic carbocycles. The maximum absolute atomic E-state index is 13.1. The number of sulfonamides is 1. The molecule has 1 aliphatic heterocycles. The number of hydrogen-bond donors (Lipinski definition) is 1. The van der Waals surface area contributed by atoms with Crippen molar-refractivity contribution in [1.82, 2.24) is 0 Å². The molecule has 0 unspecified atom stereocenters. The minimum atomic E-state index is -4.66. The van der Waals surface area contributed by atoms with Gasteiger partial charge in [0.2, 0.25) is 0 Å². The van der Waals surface area contributed by atoms with E-state index in [0.29, 0.717) is 26.3 Å². The van der Waals surface area contributed by atoms with Crippen molar-refractivity contribution in [3.8, 4) is 0 Å². The number of benzene rings is 2. The summed E-state index contributed by atoms with van der Waals surface area (Å²) in [6, 6.07) is 6.86. The molecule has 3 rings (SSSR count). The van der Waals surface area contributed by atoms with Crippen molar-refractivity contribution in [2.24, 2.45) is 0 Å². The Hall–Kier alpha value is -2.86. The topological polar surface area (TPSA) is 102 Å². The summed E-state index contributed by atoms with van der Waals surface area (Å²) in [6.07, 6.45) is -4.66. The van der Waals surface area contributed by atoms with Crippen LogP contribution in [0.1, 0.15) is 5.56 Å². The zero-order valence-corrected chi connectivity index (χ0v) is 15.7. The van der Waals surface area contributed by atoms with Crippen molar-refractivity contribution in [2.75, 3.05) is 35.9 Å². The molecule has 0 radical (unpaired) electrons. The third-order valence-electron chi connectivity index (χ3n) is 4.28. The van der Waals surface area contributed by atoms with Crippen LogP contribution in [-0.2, 0) is 20.9 Å². The fourth-order valence-corrected chi connectivity index (χ4v) is 3.89. The SMILES string of the molecule is O=[N+]([O-])c1ccc(S(=O)(=O)Nc2cc(C(F)(F)F)ccc2N2CCOCC2)cc1. The van der Waals surface area contributed by atoms with Crippen LogP contribution in [0.15, 0.2) is 47.4 Å². The first-order valence-electron chi connectivity index (χ1n) is 8.39. The molecule has 8 nitrogen and oxygen atoms in total. The average molecular weight is 431 g/mol. The Morgan fingerprint density at radius 1 is 1.07 bits per heavy atom. The van der Waals surface area contributed by atoms with E-state index in [-0.39, 0.29) is 22.0 Å². The number of halogens is 3. The molecule has 0 saturated carbocycles. The van der Waals surface area contributed by atoms with E-state index in [2.05, 4.69) is 4.72 Å². The molecule has 2 aromatic rings. The third kappa shape index (κ3) is 4.77. The zero-order valence-electron chi connectivity index (χ0n) is 14.8. The number of ether oxygens (including phenoxy) is 1. The molecular weight excluding hydrogens is 415 g/mol. The summed E-state index contributed by atoms with van der Waals surface area (Å²) in [6.45, 7) is 1.49. The molecule has 12 heteroatoms. The second kappa shape index (κ2) is 7.87. The van der Waals surface area contributed by atoms with Gasteiger partial charge >= 0.3 is 6.18 Å². The molecule has 0 spiro atoms. The summed E-state index contributed by atoms with van der Waals surface area (Å²) in [5, 5.41) is 10.7. The van der Waals surface area contributed by atoms with Gasteiger partial charge in [0.15, 0.2) is 0 Å². The Morgan fingerprint density at radius 3 is 2.24 bits per heavy atom. The second-order valence-corrected chi connectivity index (χ2v) is 7.87. The number of nitro groups is 1. The number of hydrogen-bond acceptors (Lipinski definition) is 6. The summed E-state index contributed by atoms with van der Waals surface area (Å²) in [5.41, 5.74) is -1.26. The standard InChI is InChI=1S/C17H16F3N3O5S/c18-17(19,20)12-1-6-16(22-7-9-28-10-8-22)15(11-12)21-29(26,27)14-4-2-13(3-5-14)23(24)25/h1-6,11,21H,7-10H2. The van der Waals surface area contributed by atoms with Crippen molar-refractivity contribution in [3.63, 3.8) is 0 Å². The number of morpholine rings is 1. The van der Waals surface area contributed by atoms with Crippen LogP contribution in [-0.4, -0.2) is 39.6 Å². The van der Waals surface area contributed by atoms with Gasteiger partial charge in [-0.3, -0.25) is 14.8 Å². The van der Waals surface area contributed by atoms with Crippen molar-refractivity contribution < 1.29 is 31.2 Å². The molecule has 0 amide bonds. The first-order chi connectivity index (χ1) is 13.6. The quantitative estimate of drug-likeness (QED) is 0.576. The van der Waals surface area contributed by atoms with Gasteiger partial charge in [0.25, 0.3) is 15.7 Å². The van der Waals surface area contributed by atoms with E-state index in [9.17, 15) is 31.7 Å². The van der Waals surface area contributed by atoms with E-state index in [1.54, 1.807) is 4.90 Å². The van der Waals surface area contributed by atoms with Crippen molar-refractivity contribution in [3.05, 3.63) is 58.1 Å². The zero-order chi connectivity index (χ0) is 21.2. The summed E-state index contributed by atoms with van der Waals surface area (Å²) in [4.78, 5) is 11.4. The summed E-state index contributed by atoms with van der Waals surface area (Å²) >= 11 is 0. The number of rotatable bonds is 5. The highest BCUT2D eigenvalue weighted by atomic mass is 32.2. The highest BCUT2D eigenvalue weighted by Gasteiger charge is 2.32. The number of nitrogens with one attached hydrogen (secondary N) is 1. The van der Waals surface area contributed by atoms with E-state index >= 15 is 0 Å². The van der Waals surface area contributed by atoms with Crippen LogP contribution in [0, 0.1) is 10.1 Å². The molecule has 156 valence electrons. The van der Waals surface area contributed by atoms with E-state index in [1.165, 1.54) is 6.07 Å². The van der Waals surface area contributed by atoms with Crippen molar-refractivity contribution in [1.29, 1.82) is 0 Å². The monoisotopic (exact) mass is 431 g/mol. The Bertz CT molecular complexity index is 1000. The largest absolute Gasteiger partial charge is 0.416 e. The lowest BCUT2D eigenvalue weighted by Crippen LogP contribution is -2.36. The Balaban J connectivity index is 1.99. The number of anilines is 2. The predicted octanol–water partition coefficient (Wildman–Crippen LogP) is 3.25. The molecule has 1 saturated heterocycles. The van der Waals surface area contributed by atoms with Gasteiger partial charge in [-0.05, 0) is 30.3 Å². The van der Waals surface area contributed by atoms with E-state index < -0.39 is 26.7 Å². The van der Waals surface area contributed by atoms with Crippen molar-refractivity contribution in [2.45, 2.75) is 11.1 Å². The fourth-order valence-electron chi connectivity index (χ4n) is 2.82. The molecule has 0 aliphatic carbocycles. The second-order valence-electron chi connectivity index (χ2n) is 6.19. The molecule has 29 heavy (non-hydrogen) atoms. The molecule has 0 bridgehead atoms. The van der Waals surface area contributed by atoms with E-state index in [0.717, 1.165) is 36.4 Å². The first kappa shape index (κ1) is 20.9. The number of nitro benzene ring substituents is 1. The highest BCUT2D eigenvalue weighted by Crippen LogP contribution is 2.36. The van der Waals surface area contributed by atoms with Crippen molar-refractivity contribution >= 4 is 27.1 Å². The molecule has 1 heterocycles. The number of non-ortho nitro benzene ring substituents is 1. The average Bonchev–Trinajstić information content (AvgIpc) is 2.67. The van der Waals surface area contributed by atoms with Crippen LogP contribution in [0.3, 0.4) is 0 Å². The van der Waals surface area contributed by atoms with Gasteiger partial charge in [0.1, 0.15) is 0 Å². The molecule has 1 aliphatic rings. The summed E-state index contributed by atoms with van der Waals surface area (Å²) < 4.78 is 72.2. The van der Waals surface area contributed by atoms with Crippen LogP contribution in [0.5, 0.6) is 0 Å². The third-order valence-corrected chi connectivity index (χ3v) is 5.66. The molecular formula is C17H16F3N3O5S. The van der Waals surface area contributed by atoms with Crippen LogP contribution >= 0.6 is 0 Å². The maximum atomic E-state index is 13.1. The number of alkyl halides is 3. The van der Waals surface area contributed by atoms with Gasteiger partial charge in [-0.1, -0.05) is 0 Å². The van der Waals surface area contributed by atoms with E-state index in [1.807, 2.05) is 0 Å². The summed E-state index contributed by atoms with van der Waals surface area (Å²) in [7, 11) is -4.28. The Kier molecular flexibility index (Phi) is 5.66. The van der Waals surface area contributed by atoms with Crippen LogP contribution in [0.25, 0.3) is 0 Å². The van der Waals surface area contributed by atoms with E-state index in [4.69, 9.17) is 4.74 Å². The van der Waals surface area contributed by atoms with Gasteiger partial charge in [0, 0.05) is 25.2 Å². The van der Waals surface area contributed by atoms with Gasteiger partial charge < -0.3 is 9.64 Å². The maximum Gasteiger partial charge on any atom is 0.416 e. The van der Waals surface area contributed by atoms with Gasteiger partial charge in [-0.2, -0.15) is 13.2 Å². The smallest absolute Gasteiger partial charge is 0.378 e. The molecule has 0 aromatic heterocycles. The molecule has 1 fully saturated rings. The lowest BCUT2D eigenvalue weighted by Gasteiger charge is -2.31.